The lowest BCUT2D eigenvalue weighted by molar-refractivity contribution is -0.149. The molecule has 144 valence electrons. The van der Waals surface area contributed by atoms with Crippen LogP contribution in [0, 0.1) is 0 Å². The number of carbonyl (C=O) groups is 1. The highest BCUT2D eigenvalue weighted by molar-refractivity contribution is 5.99. The summed E-state index contributed by atoms with van der Waals surface area (Å²) in [5.41, 5.74) is 0.946. The number of ketones is 1. The highest BCUT2D eigenvalue weighted by atomic mass is 19.4. The van der Waals surface area contributed by atoms with Crippen LogP contribution in [0.1, 0.15) is 28.3 Å². The number of Topliss-reactive ketones (excluding diaryl/α,β-unsaturated/α-hetero) is 1. The van der Waals surface area contributed by atoms with Crippen LogP contribution in [-0.4, -0.2) is 24.1 Å². The first-order valence-electron chi connectivity index (χ1n) is 8.65. The summed E-state index contributed by atoms with van der Waals surface area (Å²) in [5, 5.41) is 0. The minimum Gasteiger partial charge on any atom is -0.496 e. The van der Waals surface area contributed by atoms with Crippen molar-refractivity contribution in [3.63, 3.8) is 0 Å². The van der Waals surface area contributed by atoms with Gasteiger partial charge in [0.2, 0.25) is 0 Å². The summed E-state index contributed by atoms with van der Waals surface area (Å²) < 4.78 is 47.0. The number of para-hydroxylation sites is 1. The molecule has 3 nitrogen and oxygen atoms in total. The molecule has 6 heteroatoms. The summed E-state index contributed by atoms with van der Waals surface area (Å²) in [7, 11) is 1.38. The van der Waals surface area contributed by atoms with Crippen molar-refractivity contribution >= 4 is 5.78 Å². The third kappa shape index (κ3) is 4.22. The van der Waals surface area contributed by atoms with Crippen molar-refractivity contribution < 1.29 is 22.7 Å². The first-order valence-corrected chi connectivity index (χ1v) is 8.65. The zero-order valence-electron chi connectivity index (χ0n) is 15.1. The molecule has 1 atom stereocenters. The van der Waals surface area contributed by atoms with Crippen LogP contribution in [0.4, 0.5) is 13.2 Å². The van der Waals surface area contributed by atoms with Crippen LogP contribution < -0.4 is 4.74 Å². The van der Waals surface area contributed by atoms with Crippen molar-refractivity contribution in [1.82, 2.24) is 4.98 Å². The van der Waals surface area contributed by atoms with E-state index in [1.54, 1.807) is 48.5 Å². The van der Waals surface area contributed by atoms with Crippen LogP contribution >= 0.6 is 0 Å². The predicted octanol–water partition coefficient (Wildman–Crippen LogP) is 5.68. The average molecular weight is 385 g/mol. The molecule has 1 aromatic heterocycles. The minimum absolute atomic E-state index is 0.0250. The molecule has 0 saturated carbocycles. The lowest BCUT2D eigenvalue weighted by Crippen LogP contribution is -2.24. The zero-order valence-corrected chi connectivity index (χ0v) is 15.1. The number of hydrogen-bond donors (Lipinski definition) is 0. The quantitative estimate of drug-likeness (QED) is 0.513. The van der Waals surface area contributed by atoms with Crippen LogP contribution in [0.25, 0.3) is 11.3 Å². The minimum atomic E-state index is -4.59. The van der Waals surface area contributed by atoms with Gasteiger partial charge >= 0.3 is 6.18 Å². The molecule has 3 aromatic rings. The predicted molar refractivity (Wildman–Crippen MR) is 100 cm³/mol. The maximum atomic E-state index is 14.0. The van der Waals surface area contributed by atoms with Gasteiger partial charge in [0, 0.05) is 18.2 Å². The van der Waals surface area contributed by atoms with Crippen molar-refractivity contribution in [3.05, 3.63) is 84.1 Å². The van der Waals surface area contributed by atoms with Crippen LogP contribution in [0.3, 0.4) is 0 Å². The monoisotopic (exact) mass is 385 g/mol. The Bertz CT molecular complexity index is 955. The molecule has 0 N–H and O–H groups in total. The largest absolute Gasteiger partial charge is 0.496 e. The Balaban J connectivity index is 2.03. The summed E-state index contributed by atoms with van der Waals surface area (Å²) in [6.07, 6.45) is -3.79. The molecule has 0 fully saturated rings. The molecule has 0 aliphatic rings. The number of aromatic nitrogens is 1. The van der Waals surface area contributed by atoms with Crippen LogP contribution in [0.15, 0.2) is 72.9 Å². The molecule has 2 aromatic carbocycles. The summed E-state index contributed by atoms with van der Waals surface area (Å²) in [4.78, 5) is 16.9. The number of halogens is 3. The molecule has 0 spiro atoms. The molecule has 0 radical (unpaired) electrons. The molecule has 28 heavy (non-hydrogen) atoms. The van der Waals surface area contributed by atoms with E-state index in [-0.39, 0.29) is 16.9 Å². The van der Waals surface area contributed by atoms with Gasteiger partial charge in [-0.1, -0.05) is 42.5 Å². The zero-order chi connectivity index (χ0) is 20.1. The topological polar surface area (TPSA) is 39.2 Å². The molecule has 1 heterocycles. The van der Waals surface area contributed by atoms with Gasteiger partial charge in [0.15, 0.2) is 5.78 Å². The number of methoxy groups -OCH3 is 1. The van der Waals surface area contributed by atoms with Gasteiger partial charge in [-0.2, -0.15) is 13.2 Å². The fourth-order valence-corrected chi connectivity index (χ4v) is 3.13. The number of hydrogen-bond acceptors (Lipinski definition) is 3. The van der Waals surface area contributed by atoms with E-state index in [4.69, 9.17) is 4.74 Å². The average Bonchev–Trinajstić information content (AvgIpc) is 2.71. The Labute approximate surface area is 160 Å². The molecule has 0 aliphatic carbocycles. The van der Waals surface area contributed by atoms with Crippen LogP contribution in [0.5, 0.6) is 5.75 Å². The highest BCUT2D eigenvalue weighted by Crippen LogP contribution is 2.42. The highest BCUT2D eigenvalue weighted by Gasteiger charge is 2.43. The van der Waals surface area contributed by atoms with Gasteiger partial charge in [-0.25, -0.2) is 0 Å². The van der Waals surface area contributed by atoms with Gasteiger partial charge in [0.1, 0.15) is 5.75 Å². The fraction of sp³-hybridized carbons (Fsp3) is 0.182. The Hall–Kier alpha value is -3.15. The van der Waals surface area contributed by atoms with Gasteiger partial charge < -0.3 is 4.74 Å². The lowest BCUT2D eigenvalue weighted by Gasteiger charge is -2.23. The van der Waals surface area contributed by atoms with E-state index >= 15 is 0 Å². The number of rotatable bonds is 6. The van der Waals surface area contributed by atoms with Gasteiger partial charge in [-0.3, -0.25) is 9.78 Å². The summed E-state index contributed by atoms with van der Waals surface area (Å²) >= 11 is 0. The SMILES string of the molecule is COc1ccccc1C(=O)C[C@@H](c1ccccc1-c1ccccn1)C(F)(F)F. The Morgan fingerprint density at radius 3 is 2.36 bits per heavy atom. The first kappa shape index (κ1) is 19.6. The summed E-state index contributed by atoms with van der Waals surface area (Å²) in [5.74, 6) is -2.33. The standard InChI is InChI=1S/C22H18F3NO2/c1-28-21-12-5-4-10-17(21)20(27)14-18(22(23,24)25)15-8-2-3-9-16(15)19-11-6-7-13-26-19/h2-13,18H,14H2,1H3/t18-/m0/s1. The van der Waals surface area contributed by atoms with E-state index in [1.807, 2.05) is 0 Å². The number of nitrogens with zero attached hydrogens (tertiary/aromatic N) is 1. The van der Waals surface area contributed by atoms with E-state index in [0.717, 1.165) is 0 Å². The van der Waals surface area contributed by atoms with Crippen molar-refractivity contribution in [2.75, 3.05) is 7.11 Å². The number of carbonyl (C=O) groups excluding carboxylic acids is 1. The molecule has 0 unspecified atom stereocenters. The number of pyridine rings is 1. The Kier molecular flexibility index (Phi) is 5.78. The van der Waals surface area contributed by atoms with E-state index in [2.05, 4.69) is 4.98 Å². The number of alkyl halides is 3. The normalized spacial score (nSPS) is 12.4. The second-order valence-corrected chi connectivity index (χ2v) is 6.22. The second kappa shape index (κ2) is 8.25. The number of benzene rings is 2. The van der Waals surface area contributed by atoms with Crippen molar-refractivity contribution in [2.24, 2.45) is 0 Å². The van der Waals surface area contributed by atoms with Crippen molar-refractivity contribution in [1.29, 1.82) is 0 Å². The third-order valence-corrected chi connectivity index (χ3v) is 4.47. The van der Waals surface area contributed by atoms with Gasteiger partial charge in [0.05, 0.1) is 24.3 Å². The molecule has 0 aliphatic heterocycles. The maximum absolute atomic E-state index is 14.0. The van der Waals surface area contributed by atoms with Crippen LogP contribution in [0.2, 0.25) is 0 Å². The van der Waals surface area contributed by atoms with Gasteiger partial charge in [0.25, 0.3) is 0 Å². The van der Waals surface area contributed by atoms with E-state index in [1.165, 1.54) is 31.5 Å². The Morgan fingerprint density at radius 1 is 1.00 bits per heavy atom. The molecule has 0 saturated heterocycles. The molecule has 3 rings (SSSR count). The molecular formula is C22H18F3NO2. The molecule has 0 bridgehead atoms. The van der Waals surface area contributed by atoms with Gasteiger partial charge in [-0.05, 0) is 29.8 Å². The summed E-state index contributed by atoms with van der Waals surface area (Å²) in [6.45, 7) is 0. The number of ether oxygens (including phenoxy) is 1. The Morgan fingerprint density at radius 2 is 1.68 bits per heavy atom. The van der Waals surface area contributed by atoms with E-state index in [0.29, 0.717) is 11.3 Å². The molecule has 0 amide bonds. The fourth-order valence-electron chi connectivity index (χ4n) is 3.13. The van der Waals surface area contributed by atoms with Gasteiger partial charge in [-0.15, -0.1) is 0 Å². The van der Waals surface area contributed by atoms with Crippen molar-refractivity contribution in [2.45, 2.75) is 18.5 Å². The van der Waals surface area contributed by atoms with Crippen molar-refractivity contribution in [3.8, 4) is 17.0 Å². The summed E-state index contributed by atoms with van der Waals surface area (Å²) in [6, 6.07) is 17.5. The first-order chi connectivity index (χ1) is 13.4. The van der Waals surface area contributed by atoms with E-state index < -0.39 is 24.3 Å². The van der Waals surface area contributed by atoms with Crippen LogP contribution in [-0.2, 0) is 0 Å². The van der Waals surface area contributed by atoms with E-state index in [9.17, 15) is 18.0 Å². The maximum Gasteiger partial charge on any atom is 0.396 e. The second-order valence-electron chi connectivity index (χ2n) is 6.22. The smallest absolute Gasteiger partial charge is 0.396 e. The lowest BCUT2D eigenvalue weighted by atomic mass is 9.87. The molecular weight excluding hydrogens is 367 g/mol. The third-order valence-electron chi connectivity index (χ3n) is 4.47.